The van der Waals surface area contributed by atoms with Gasteiger partial charge in [0.15, 0.2) is 5.69 Å². The van der Waals surface area contributed by atoms with Crippen LogP contribution in [-0.4, -0.2) is 40.8 Å². The van der Waals surface area contributed by atoms with E-state index in [0.29, 0.717) is 41.9 Å². The maximum absolute atomic E-state index is 15.1. The summed E-state index contributed by atoms with van der Waals surface area (Å²) in [5, 5.41) is 21.9. The van der Waals surface area contributed by atoms with Crippen molar-refractivity contribution < 1.29 is 19.4 Å². The van der Waals surface area contributed by atoms with E-state index in [-0.39, 0.29) is 23.0 Å². The van der Waals surface area contributed by atoms with Gasteiger partial charge in [0, 0.05) is 12.6 Å². The molecule has 4 N–H and O–H groups in total. The highest BCUT2D eigenvalue weighted by Crippen LogP contribution is 2.49. The summed E-state index contributed by atoms with van der Waals surface area (Å²) in [6, 6.07) is 2.88. The first-order valence-corrected chi connectivity index (χ1v) is 11.6. The fraction of sp³-hybridized carbons (Fsp3) is 0.346. The van der Waals surface area contributed by atoms with E-state index in [1.54, 1.807) is 24.0 Å². The minimum Gasteiger partial charge on any atom is -0.380 e. The number of hydrogen-bond donors (Lipinski definition) is 3. The van der Waals surface area contributed by atoms with Crippen molar-refractivity contribution in [1.29, 1.82) is 0 Å². The van der Waals surface area contributed by atoms with Gasteiger partial charge in [0.25, 0.3) is 5.91 Å². The van der Waals surface area contributed by atoms with Crippen LogP contribution in [0.1, 0.15) is 77.3 Å². The number of aliphatic hydroxyl groups is 2. The van der Waals surface area contributed by atoms with E-state index in [1.807, 2.05) is 10.6 Å². The van der Waals surface area contributed by atoms with Crippen molar-refractivity contribution in [3.8, 4) is 23.2 Å². The molecule has 1 amide bonds. The van der Waals surface area contributed by atoms with E-state index in [1.165, 1.54) is 12.3 Å². The molecule has 2 aromatic heterocycles. The van der Waals surface area contributed by atoms with Crippen molar-refractivity contribution in [2.24, 2.45) is 12.8 Å². The Bertz CT molecular complexity index is 1480. The monoisotopic (exact) mass is 473 g/mol. The number of carbonyl (C=O) groups excluding carboxylic acids is 1. The van der Waals surface area contributed by atoms with Crippen molar-refractivity contribution in [1.82, 2.24) is 19.1 Å². The zero-order chi connectivity index (χ0) is 24.5. The summed E-state index contributed by atoms with van der Waals surface area (Å²) in [5.41, 5.74) is 7.70. The normalized spacial score (nSPS) is 20.0. The Morgan fingerprint density at radius 1 is 1.31 bits per heavy atom. The molecule has 35 heavy (non-hydrogen) atoms. The number of rotatable bonds is 3. The fourth-order valence-corrected chi connectivity index (χ4v) is 5.36. The number of nitrogens with zero attached hydrogens (tertiary/aromatic N) is 4. The molecule has 7 rings (SSSR count). The summed E-state index contributed by atoms with van der Waals surface area (Å²) in [5.74, 6) is 4.87. The molecular formula is C26H24FN5O3. The molecule has 9 heteroatoms. The zero-order valence-electron chi connectivity index (χ0n) is 19.1. The maximum Gasteiger partial charge on any atom is 0.269 e. The number of allylic oxidation sites excluding steroid dienone is 2. The molecule has 2 bridgehead atoms. The Morgan fingerprint density at radius 2 is 2.06 bits per heavy atom. The highest BCUT2D eigenvalue weighted by molar-refractivity contribution is 5.94. The number of primary amides is 1. The van der Waals surface area contributed by atoms with Crippen molar-refractivity contribution in [2.45, 2.75) is 49.9 Å². The van der Waals surface area contributed by atoms with Gasteiger partial charge >= 0.3 is 0 Å². The van der Waals surface area contributed by atoms with E-state index in [4.69, 9.17) is 5.73 Å². The lowest BCUT2D eigenvalue weighted by molar-refractivity contribution is 0.0989. The van der Waals surface area contributed by atoms with Gasteiger partial charge < -0.3 is 25.1 Å². The summed E-state index contributed by atoms with van der Waals surface area (Å²) in [6.45, 7) is 0. The van der Waals surface area contributed by atoms with Crippen LogP contribution in [0.15, 0.2) is 30.7 Å². The van der Waals surface area contributed by atoms with Gasteiger partial charge in [0.1, 0.15) is 23.3 Å². The van der Waals surface area contributed by atoms with Crippen LogP contribution in [0.2, 0.25) is 0 Å². The number of carbonyl (C=O) groups is 1. The number of aliphatic hydroxyl groups excluding tert-OH is 1. The van der Waals surface area contributed by atoms with Crippen LogP contribution in [-0.2, 0) is 7.05 Å². The Hall–Kier alpha value is -3.74. The predicted molar refractivity (Wildman–Crippen MR) is 125 cm³/mol. The molecule has 0 saturated heterocycles. The second kappa shape index (κ2) is 7.63. The number of aromatic nitrogens is 4. The van der Waals surface area contributed by atoms with Gasteiger partial charge in [0.2, 0.25) is 0 Å². The Kier molecular flexibility index (Phi) is 4.75. The second-order valence-corrected chi connectivity index (χ2v) is 9.57. The summed E-state index contributed by atoms with van der Waals surface area (Å²) in [6.07, 6.45) is 7.40. The van der Waals surface area contributed by atoms with Crippen LogP contribution in [0.25, 0.3) is 17.0 Å². The number of benzene rings is 1. The molecule has 0 radical (unpaired) electrons. The summed E-state index contributed by atoms with van der Waals surface area (Å²) >= 11 is 0. The van der Waals surface area contributed by atoms with Gasteiger partial charge in [-0.2, -0.15) is 0 Å². The third kappa shape index (κ3) is 3.32. The molecule has 4 heterocycles. The summed E-state index contributed by atoms with van der Waals surface area (Å²) in [4.78, 5) is 21.0. The molecule has 1 fully saturated rings. The van der Waals surface area contributed by atoms with Gasteiger partial charge in [-0.3, -0.25) is 4.79 Å². The lowest BCUT2D eigenvalue weighted by Gasteiger charge is -2.27. The van der Waals surface area contributed by atoms with Crippen molar-refractivity contribution in [2.75, 3.05) is 0 Å². The quantitative estimate of drug-likeness (QED) is 0.505. The first-order chi connectivity index (χ1) is 16.8. The average Bonchev–Trinajstić information content (AvgIpc) is 3.48. The van der Waals surface area contributed by atoms with Crippen molar-refractivity contribution in [3.05, 3.63) is 64.8 Å². The van der Waals surface area contributed by atoms with Crippen LogP contribution < -0.4 is 5.73 Å². The second-order valence-electron chi connectivity index (χ2n) is 9.57. The summed E-state index contributed by atoms with van der Waals surface area (Å²) < 4.78 is 18.6. The predicted octanol–water partition coefficient (Wildman–Crippen LogP) is 2.60. The maximum atomic E-state index is 15.1. The SMILES string of the molecule is Cn1cncc1C(O)c1c(C(N)=O)nc2n1C1C=C(C1)c1cc(F)c(C#CC3(O)CCCC3)cc1-2. The zero-order valence-corrected chi connectivity index (χ0v) is 19.1. The van der Waals surface area contributed by atoms with Crippen LogP contribution >= 0.6 is 0 Å². The fourth-order valence-electron chi connectivity index (χ4n) is 5.36. The largest absolute Gasteiger partial charge is 0.380 e. The molecule has 0 spiro atoms. The molecular weight excluding hydrogens is 449 g/mol. The van der Waals surface area contributed by atoms with Crippen molar-refractivity contribution >= 4 is 11.5 Å². The lowest BCUT2D eigenvalue weighted by Crippen LogP contribution is -2.22. The molecule has 178 valence electrons. The molecule has 2 aliphatic heterocycles. The molecule has 3 aromatic rings. The number of amides is 1. The minimum atomic E-state index is -1.19. The first-order valence-electron chi connectivity index (χ1n) is 11.6. The molecule has 2 aliphatic carbocycles. The van der Waals surface area contributed by atoms with Crippen LogP contribution in [0.5, 0.6) is 0 Å². The average molecular weight is 474 g/mol. The Balaban J connectivity index is 1.55. The smallest absolute Gasteiger partial charge is 0.269 e. The first kappa shape index (κ1) is 21.8. The number of imidazole rings is 2. The number of halogens is 1. The molecule has 8 nitrogen and oxygen atoms in total. The van der Waals surface area contributed by atoms with Crippen LogP contribution in [0, 0.1) is 17.7 Å². The Morgan fingerprint density at radius 3 is 2.71 bits per heavy atom. The molecule has 1 saturated carbocycles. The molecule has 4 aliphatic rings. The molecule has 1 aromatic carbocycles. The standard InChI is InChI=1S/C26H24FN5O3/c1-31-13-29-12-20(31)23(33)22-21(24(28)34)30-25-18-10-14(4-7-26(35)5-2-3-6-26)19(27)11-17(18)15-8-16(9-15)32(22)25/h8,10-13,16,23,33,35H,2-3,5-6,9H2,1H3,(H2,28,34). The van der Waals surface area contributed by atoms with Gasteiger partial charge in [-0.05, 0) is 55.4 Å². The molecule has 2 atom stereocenters. The van der Waals surface area contributed by atoms with Gasteiger partial charge in [-0.15, -0.1) is 0 Å². The van der Waals surface area contributed by atoms with E-state index < -0.39 is 23.4 Å². The number of aryl methyl sites for hydroxylation is 1. The topological polar surface area (TPSA) is 119 Å². The van der Waals surface area contributed by atoms with E-state index in [9.17, 15) is 15.0 Å². The van der Waals surface area contributed by atoms with Gasteiger partial charge in [-0.25, -0.2) is 14.4 Å². The minimum absolute atomic E-state index is 0.0411. The van der Waals surface area contributed by atoms with Crippen molar-refractivity contribution in [3.63, 3.8) is 0 Å². The molecule has 2 unspecified atom stereocenters. The van der Waals surface area contributed by atoms with E-state index in [2.05, 4.69) is 21.8 Å². The van der Waals surface area contributed by atoms with Gasteiger partial charge in [0.05, 0.1) is 35.5 Å². The third-order valence-corrected chi connectivity index (χ3v) is 7.28. The summed E-state index contributed by atoms with van der Waals surface area (Å²) in [7, 11) is 1.75. The highest BCUT2D eigenvalue weighted by Gasteiger charge is 2.38. The number of hydrogen-bond acceptors (Lipinski definition) is 5. The van der Waals surface area contributed by atoms with Crippen LogP contribution in [0.4, 0.5) is 4.39 Å². The van der Waals surface area contributed by atoms with Gasteiger partial charge in [-0.1, -0.05) is 17.9 Å². The van der Waals surface area contributed by atoms with E-state index in [0.717, 1.165) is 18.4 Å². The number of nitrogens with two attached hydrogens (primary N) is 1. The lowest BCUT2D eigenvalue weighted by atomic mass is 9.86. The highest BCUT2D eigenvalue weighted by atomic mass is 19.1. The van der Waals surface area contributed by atoms with Crippen LogP contribution in [0.3, 0.4) is 0 Å². The Labute approximate surface area is 200 Å². The third-order valence-electron chi connectivity index (χ3n) is 7.28. The van der Waals surface area contributed by atoms with E-state index >= 15 is 4.39 Å².